The molecule has 0 saturated heterocycles. The largest absolute Gasteiger partial charge is 0.323 e. The summed E-state index contributed by atoms with van der Waals surface area (Å²) in [5, 5.41) is 5.78. The summed E-state index contributed by atoms with van der Waals surface area (Å²) in [5.74, 6) is -3.41. The average molecular weight is 346 g/mol. The monoisotopic (exact) mass is 346 g/mol. The molecule has 1 aliphatic carbocycles. The van der Waals surface area contributed by atoms with Gasteiger partial charge in [0.2, 0.25) is 5.91 Å². The molecule has 6 heteroatoms. The summed E-state index contributed by atoms with van der Waals surface area (Å²) in [4.78, 5) is 12.4. The minimum Gasteiger partial charge on any atom is -0.323 e. The average Bonchev–Trinajstić information content (AvgIpc) is 3.41. The van der Waals surface area contributed by atoms with Gasteiger partial charge in [0.25, 0.3) is 0 Å². The fourth-order valence-electron chi connectivity index (χ4n) is 3.49. The second-order valence-electron chi connectivity index (χ2n) is 6.57. The SMILES string of the molecule is O=C(Nc1ccc2c(c1F)CCNC2)C1CC1c1cccc(F)c1F. The van der Waals surface area contributed by atoms with Crippen molar-refractivity contribution in [2.45, 2.75) is 25.3 Å². The molecular formula is C19H17F3N2O. The molecule has 3 nitrogen and oxygen atoms in total. The molecule has 25 heavy (non-hydrogen) atoms. The first-order chi connectivity index (χ1) is 12.1. The van der Waals surface area contributed by atoms with Crippen molar-refractivity contribution in [3.63, 3.8) is 0 Å². The first-order valence-electron chi connectivity index (χ1n) is 8.32. The van der Waals surface area contributed by atoms with E-state index in [1.165, 1.54) is 12.1 Å². The Morgan fingerprint density at radius 3 is 2.80 bits per heavy atom. The van der Waals surface area contributed by atoms with Gasteiger partial charge in [0, 0.05) is 12.5 Å². The maximum absolute atomic E-state index is 14.6. The number of nitrogens with one attached hydrogen (secondary N) is 2. The lowest BCUT2D eigenvalue weighted by Crippen LogP contribution is -2.25. The number of fused-ring (bicyclic) bond motifs is 1. The number of hydrogen-bond donors (Lipinski definition) is 2. The lowest BCUT2D eigenvalue weighted by atomic mass is 9.99. The molecule has 2 aromatic rings. The van der Waals surface area contributed by atoms with Crippen molar-refractivity contribution < 1.29 is 18.0 Å². The van der Waals surface area contributed by atoms with Gasteiger partial charge in [-0.15, -0.1) is 0 Å². The molecule has 1 heterocycles. The third-order valence-corrected chi connectivity index (χ3v) is 4.97. The fraction of sp³-hybridized carbons (Fsp3) is 0.316. The summed E-state index contributed by atoms with van der Waals surface area (Å²) >= 11 is 0. The maximum atomic E-state index is 14.6. The van der Waals surface area contributed by atoms with E-state index in [1.807, 2.05) is 0 Å². The lowest BCUT2D eigenvalue weighted by Gasteiger charge is -2.19. The van der Waals surface area contributed by atoms with Crippen molar-refractivity contribution >= 4 is 11.6 Å². The van der Waals surface area contributed by atoms with Crippen LogP contribution in [0.5, 0.6) is 0 Å². The normalized spacial score (nSPS) is 21.6. The molecular weight excluding hydrogens is 329 g/mol. The number of anilines is 1. The number of hydrogen-bond acceptors (Lipinski definition) is 2. The summed E-state index contributed by atoms with van der Waals surface area (Å²) in [6.07, 6.45) is 1.01. The number of amides is 1. The summed E-state index contributed by atoms with van der Waals surface area (Å²) in [6.45, 7) is 1.31. The number of benzene rings is 2. The van der Waals surface area contributed by atoms with E-state index in [1.54, 1.807) is 12.1 Å². The highest BCUT2D eigenvalue weighted by atomic mass is 19.2. The van der Waals surface area contributed by atoms with Crippen molar-refractivity contribution in [3.05, 3.63) is 64.5 Å². The van der Waals surface area contributed by atoms with Crippen LogP contribution < -0.4 is 10.6 Å². The van der Waals surface area contributed by atoms with Crippen LogP contribution >= 0.6 is 0 Å². The summed E-state index contributed by atoms with van der Waals surface area (Å²) in [5.41, 5.74) is 1.88. The van der Waals surface area contributed by atoms with Crippen LogP contribution in [-0.4, -0.2) is 12.5 Å². The fourth-order valence-corrected chi connectivity index (χ4v) is 3.49. The number of rotatable bonds is 3. The molecule has 2 atom stereocenters. The lowest BCUT2D eigenvalue weighted by molar-refractivity contribution is -0.117. The molecule has 2 aliphatic rings. The van der Waals surface area contributed by atoms with Gasteiger partial charge in [-0.1, -0.05) is 18.2 Å². The Morgan fingerprint density at radius 2 is 1.96 bits per heavy atom. The zero-order valence-electron chi connectivity index (χ0n) is 13.4. The topological polar surface area (TPSA) is 41.1 Å². The number of carbonyl (C=O) groups is 1. The molecule has 2 N–H and O–H groups in total. The van der Waals surface area contributed by atoms with Gasteiger partial charge in [-0.2, -0.15) is 0 Å². The van der Waals surface area contributed by atoms with Gasteiger partial charge in [0.05, 0.1) is 5.69 Å². The van der Waals surface area contributed by atoms with Crippen LogP contribution in [0.3, 0.4) is 0 Å². The molecule has 130 valence electrons. The summed E-state index contributed by atoms with van der Waals surface area (Å²) in [6, 6.07) is 7.32. The minimum atomic E-state index is -0.919. The Labute approximate surface area is 143 Å². The standard InChI is InChI=1S/C19H17F3N2O/c20-15-3-1-2-12(17(15)21)13-8-14(13)19(25)24-16-5-4-10-9-23-7-6-11(10)18(16)22/h1-5,13-14,23H,6-9H2,(H,24,25). The molecule has 1 aliphatic heterocycles. The Balaban J connectivity index is 1.50. The predicted molar refractivity (Wildman–Crippen MR) is 87.6 cm³/mol. The number of halogens is 3. The first kappa shape index (κ1) is 16.1. The van der Waals surface area contributed by atoms with Crippen LogP contribution in [0.2, 0.25) is 0 Å². The van der Waals surface area contributed by atoms with Crippen LogP contribution in [0.15, 0.2) is 30.3 Å². The van der Waals surface area contributed by atoms with E-state index in [0.717, 1.165) is 11.6 Å². The summed E-state index contributed by atoms with van der Waals surface area (Å²) in [7, 11) is 0. The van der Waals surface area contributed by atoms with Gasteiger partial charge < -0.3 is 10.6 Å². The Kier molecular flexibility index (Phi) is 4.00. The molecule has 0 aromatic heterocycles. The Hall–Kier alpha value is -2.34. The molecule has 0 spiro atoms. The summed E-state index contributed by atoms with van der Waals surface area (Å²) < 4.78 is 41.7. The molecule has 4 rings (SSSR count). The van der Waals surface area contributed by atoms with Crippen LogP contribution in [0, 0.1) is 23.4 Å². The van der Waals surface area contributed by atoms with Crippen LogP contribution in [0.1, 0.15) is 29.0 Å². The molecule has 0 radical (unpaired) electrons. The van der Waals surface area contributed by atoms with E-state index >= 15 is 0 Å². The highest BCUT2D eigenvalue weighted by Crippen LogP contribution is 2.49. The van der Waals surface area contributed by atoms with Crippen molar-refractivity contribution in [1.29, 1.82) is 0 Å². The number of carbonyl (C=O) groups excluding carboxylic acids is 1. The smallest absolute Gasteiger partial charge is 0.228 e. The highest BCUT2D eigenvalue weighted by Gasteiger charge is 2.45. The van der Waals surface area contributed by atoms with E-state index in [4.69, 9.17) is 0 Å². The first-order valence-corrected chi connectivity index (χ1v) is 8.32. The van der Waals surface area contributed by atoms with E-state index in [2.05, 4.69) is 10.6 Å². The van der Waals surface area contributed by atoms with Gasteiger partial charge >= 0.3 is 0 Å². The second kappa shape index (κ2) is 6.19. The van der Waals surface area contributed by atoms with E-state index in [9.17, 15) is 18.0 Å². The van der Waals surface area contributed by atoms with E-state index < -0.39 is 23.4 Å². The maximum Gasteiger partial charge on any atom is 0.228 e. The van der Waals surface area contributed by atoms with E-state index in [0.29, 0.717) is 31.5 Å². The molecule has 2 unspecified atom stereocenters. The minimum absolute atomic E-state index is 0.149. The molecule has 1 saturated carbocycles. The highest BCUT2D eigenvalue weighted by molar-refractivity contribution is 5.95. The van der Waals surface area contributed by atoms with Gasteiger partial charge in [-0.3, -0.25) is 4.79 Å². The van der Waals surface area contributed by atoms with Crippen molar-refractivity contribution in [1.82, 2.24) is 5.32 Å². The molecule has 2 aromatic carbocycles. The van der Waals surface area contributed by atoms with Crippen LogP contribution in [0.25, 0.3) is 0 Å². The Morgan fingerprint density at radius 1 is 1.12 bits per heavy atom. The van der Waals surface area contributed by atoms with Crippen molar-refractivity contribution in [2.75, 3.05) is 11.9 Å². The quantitative estimate of drug-likeness (QED) is 0.893. The third-order valence-electron chi connectivity index (χ3n) is 4.97. The van der Waals surface area contributed by atoms with Crippen LogP contribution in [0.4, 0.5) is 18.9 Å². The van der Waals surface area contributed by atoms with E-state index in [-0.39, 0.29) is 23.1 Å². The molecule has 1 amide bonds. The van der Waals surface area contributed by atoms with Gasteiger partial charge in [-0.25, -0.2) is 13.2 Å². The second-order valence-corrected chi connectivity index (χ2v) is 6.57. The predicted octanol–water partition coefficient (Wildman–Crippen LogP) is 3.49. The van der Waals surface area contributed by atoms with Crippen LogP contribution in [-0.2, 0) is 17.8 Å². The van der Waals surface area contributed by atoms with Gasteiger partial charge in [-0.05, 0) is 54.1 Å². The van der Waals surface area contributed by atoms with Gasteiger partial charge in [0.15, 0.2) is 11.6 Å². The molecule has 0 bridgehead atoms. The van der Waals surface area contributed by atoms with Crippen molar-refractivity contribution in [3.8, 4) is 0 Å². The zero-order chi connectivity index (χ0) is 17.6. The van der Waals surface area contributed by atoms with Crippen molar-refractivity contribution in [2.24, 2.45) is 5.92 Å². The Bertz CT molecular complexity index is 853. The molecule has 1 fully saturated rings. The zero-order valence-corrected chi connectivity index (χ0v) is 13.4. The third kappa shape index (κ3) is 2.91. The van der Waals surface area contributed by atoms with Gasteiger partial charge in [0.1, 0.15) is 5.82 Å².